The lowest BCUT2D eigenvalue weighted by Crippen LogP contribution is -2.42. The zero-order chi connectivity index (χ0) is 25.8. The summed E-state index contributed by atoms with van der Waals surface area (Å²) in [4.78, 5) is 26.8. The fourth-order valence-corrected chi connectivity index (χ4v) is 4.94. The van der Waals surface area contributed by atoms with E-state index in [0.29, 0.717) is 25.2 Å². The Kier molecular flexibility index (Phi) is 17.7. The molecule has 0 aliphatic carbocycles. The minimum absolute atomic E-state index is 0.362. The lowest BCUT2D eigenvalue weighted by molar-refractivity contribution is -0.168. The van der Waals surface area contributed by atoms with Gasteiger partial charge < -0.3 is 9.47 Å². The van der Waals surface area contributed by atoms with Crippen LogP contribution in [0.2, 0.25) is 0 Å². The van der Waals surface area contributed by atoms with Crippen molar-refractivity contribution >= 4 is 23.7 Å². The molecule has 0 unspecified atom stereocenters. The van der Waals surface area contributed by atoms with E-state index in [2.05, 4.69) is 6.92 Å². The minimum Gasteiger partial charge on any atom is -0.465 e. The second kappa shape index (κ2) is 19.7. The lowest BCUT2D eigenvalue weighted by atomic mass is 9.82. The monoisotopic (exact) mass is 506 g/mol. The molecule has 1 aromatic carbocycles. The number of carbonyl (C=O) groups is 2. The van der Waals surface area contributed by atoms with Crippen molar-refractivity contribution in [3.05, 3.63) is 24.3 Å². The molecule has 35 heavy (non-hydrogen) atoms. The van der Waals surface area contributed by atoms with Gasteiger partial charge in [0.2, 0.25) is 0 Å². The standard InChI is InChI=1S/C30H50O4S/c1-5-8-9-10-11-12-13-14-15-16-17-18-19-22-25-33-28(31)30(6-2,7-3)29(32)34-26-23-20-21-24-27(26)35-4/h20-21,23-24H,5-19,22,25H2,1-4H3. The Bertz CT molecular complexity index is 699. The maximum atomic E-state index is 13.0. The minimum atomic E-state index is -1.25. The van der Waals surface area contributed by atoms with Gasteiger partial charge in [0, 0.05) is 4.90 Å². The molecule has 0 aliphatic rings. The lowest BCUT2D eigenvalue weighted by Gasteiger charge is -2.27. The molecule has 0 spiro atoms. The largest absolute Gasteiger partial charge is 0.465 e. The zero-order valence-electron chi connectivity index (χ0n) is 22.9. The first-order valence-corrected chi connectivity index (χ1v) is 15.3. The normalized spacial score (nSPS) is 11.4. The summed E-state index contributed by atoms with van der Waals surface area (Å²) >= 11 is 1.51. The van der Waals surface area contributed by atoms with Gasteiger partial charge in [-0.1, -0.05) is 116 Å². The van der Waals surface area contributed by atoms with E-state index in [4.69, 9.17) is 9.47 Å². The zero-order valence-corrected chi connectivity index (χ0v) is 23.7. The Balaban J connectivity index is 2.23. The summed E-state index contributed by atoms with van der Waals surface area (Å²) in [5.41, 5.74) is -1.25. The number of hydrogen-bond donors (Lipinski definition) is 0. The summed E-state index contributed by atoms with van der Waals surface area (Å²) in [5, 5.41) is 0. The van der Waals surface area contributed by atoms with Gasteiger partial charge in [0.15, 0.2) is 5.41 Å². The fraction of sp³-hybridized carbons (Fsp3) is 0.733. The predicted octanol–water partition coefficient (Wildman–Crippen LogP) is 9.14. The molecule has 5 heteroatoms. The van der Waals surface area contributed by atoms with E-state index in [-0.39, 0.29) is 0 Å². The highest BCUT2D eigenvalue weighted by molar-refractivity contribution is 7.98. The van der Waals surface area contributed by atoms with E-state index in [1.807, 2.05) is 38.3 Å². The van der Waals surface area contributed by atoms with Crippen molar-refractivity contribution in [3.8, 4) is 5.75 Å². The number of rotatable bonds is 21. The summed E-state index contributed by atoms with van der Waals surface area (Å²) < 4.78 is 11.2. The van der Waals surface area contributed by atoms with E-state index >= 15 is 0 Å². The van der Waals surface area contributed by atoms with E-state index in [9.17, 15) is 9.59 Å². The van der Waals surface area contributed by atoms with Crippen LogP contribution in [0.15, 0.2) is 29.2 Å². The fourth-order valence-electron chi connectivity index (χ4n) is 4.41. The SMILES string of the molecule is CCCCCCCCCCCCCCCCOC(=O)C(CC)(CC)C(=O)Oc1ccccc1SC. The van der Waals surface area contributed by atoms with Crippen LogP contribution in [-0.2, 0) is 14.3 Å². The van der Waals surface area contributed by atoms with Crippen molar-refractivity contribution in [2.75, 3.05) is 12.9 Å². The molecule has 0 aromatic heterocycles. The second-order valence-corrected chi connectivity index (χ2v) is 10.4. The summed E-state index contributed by atoms with van der Waals surface area (Å²) in [6, 6.07) is 7.40. The molecule has 0 saturated heterocycles. The molecule has 0 fully saturated rings. The van der Waals surface area contributed by atoms with E-state index < -0.39 is 17.4 Å². The molecule has 4 nitrogen and oxygen atoms in total. The molecular weight excluding hydrogens is 456 g/mol. The molecule has 0 heterocycles. The number of ether oxygens (including phenoxy) is 2. The molecule has 0 radical (unpaired) electrons. The van der Waals surface area contributed by atoms with Crippen LogP contribution in [0, 0.1) is 5.41 Å². The van der Waals surface area contributed by atoms with Crippen LogP contribution in [0.3, 0.4) is 0 Å². The van der Waals surface area contributed by atoms with Crippen molar-refractivity contribution in [1.82, 2.24) is 0 Å². The van der Waals surface area contributed by atoms with Crippen LogP contribution in [0.25, 0.3) is 0 Å². The molecule has 1 rings (SSSR count). The van der Waals surface area contributed by atoms with Crippen molar-refractivity contribution in [2.45, 2.75) is 128 Å². The Morgan fingerprint density at radius 1 is 0.714 bits per heavy atom. The highest BCUT2D eigenvalue weighted by Crippen LogP contribution is 2.34. The summed E-state index contributed by atoms with van der Waals surface area (Å²) in [6.45, 7) is 6.33. The van der Waals surface area contributed by atoms with Gasteiger partial charge in [0.1, 0.15) is 5.75 Å². The molecule has 0 bridgehead atoms. The Hall–Kier alpha value is -1.49. The number of hydrogen-bond acceptors (Lipinski definition) is 5. The molecule has 0 aliphatic heterocycles. The highest BCUT2D eigenvalue weighted by atomic mass is 32.2. The molecule has 1 aromatic rings. The highest BCUT2D eigenvalue weighted by Gasteiger charge is 2.46. The van der Waals surface area contributed by atoms with Gasteiger partial charge in [-0.2, -0.15) is 0 Å². The van der Waals surface area contributed by atoms with Crippen molar-refractivity contribution < 1.29 is 19.1 Å². The van der Waals surface area contributed by atoms with Crippen LogP contribution >= 0.6 is 11.8 Å². The maximum absolute atomic E-state index is 13.0. The second-order valence-electron chi connectivity index (χ2n) is 9.56. The van der Waals surface area contributed by atoms with Gasteiger partial charge in [-0.25, -0.2) is 0 Å². The molecule has 0 saturated carbocycles. The third-order valence-corrected chi connectivity index (χ3v) is 7.77. The van der Waals surface area contributed by atoms with Crippen LogP contribution < -0.4 is 4.74 Å². The first-order chi connectivity index (χ1) is 17.1. The van der Waals surface area contributed by atoms with E-state index in [1.165, 1.54) is 88.8 Å². The number of esters is 2. The van der Waals surface area contributed by atoms with E-state index in [1.54, 1.807) is 6.07 Å². The average Bonchev–Trinajstić information content (AvgIpc) is 2.87. The Morgan fingerprint density at radius 2 is 1.20 bits per heavy atom. The van der Waals surface area contributed by atoms with Crippen molar-refractivity contribution in [3.63, 3.8) is 0 Å². The number of unbranched alkanes of at least 4 members (excludes halogenated alkanes) is 13. The van der Waals surface area contributed by atoms with Crippen LogP contribution in [0.1, 0.15) is 124 Å². The van der Waals surface area contributed by atoms with Gasteiger partial charge in [-0.05, 0) is 37.7 Å². The first-order valence-electron chi connectivity index (χ1n) is 14.1. The predicted molar refractivity (Wildman–Crippen MR) is 148 cm³/mol. The molecule has 0 atom stereocenters. The van der Waals surface area contributed by atoms with Gasteiger partial charge in [-0.15, -0.1) is 11.8 Å². The molecule has 200 valence electrons. The average molecular weight is 507 g/mol. The summed E-state index contributed by atoms with van der Waals surface area (Å²) in [6.07, 6.45) is 20.7. The van der Waals surface area contributed by atoms with Crippen LogP contribution in [-0.4, -0.2) is 24.8 Å². The van der Waals surface area contributed by atoms with Gasteiger partial charge in [0.25, 0.3) is 0 Å². The third kappa shape index (κ3) is 11.9. The molecule has 0 N–H and O–H groups in total. The third-order valence-electron chi connectivity index (χ3n) is 6.99. The van der Waals surface area contributed by atoms with Crippen LogP contribution in [0.5, 0.6) is 5.75 Å². The van der Waals surface area contributed by atoms with Gasteiger partial charge in [0.05, 0.1) is 6.61 Å². The molecule has 0 amide bonds. The Morgan fingerprint density at radius 3 is 1.69 bits per heavy atom. The van der Waals surface area contributed by atoms with Gasteiger partial charge >= 0.3 is 11.9 Å². The Labute approximate surface area is 219 Å². The molecular formula is C30H50O4S. The number of carbonyl (C=O) groups excluding carboxylic acids is 2. The summed E-state index contributed by atoms with van der Waals surface area (Å²) in [7, 11) is 0. The number of para-hydroxylation sites is 1. The maximum Gasteiger partial charge on any atom is 0.328 e. The van der Waals surface area contributed by atoms with Crippen molar-refractivity contribution in [2.24, 2.45) is 5.41 Å². The smallest absolute Gasteiger partial charge is 0.328 e. The van der Waals surface area contributed by atoms with E-state index in [0.717, 1.165) is 17.7 Å². The summed E-state index contributed by atoms with van der Waals surface area (Å²) in [5.74, 6) is -0.477. The van der Waals surface area contributed by atoms with Crippen molar-refractivity contribution in [1.29, 1.82) is 0 Å². The van der Waals surface area contributed by atoms with Crippen LogP contribution in [0.4, 0.5) is 0 Å². The first kappa shape index (κ1) is 31.5. The number of thioether (sulfide) groups is 1. The topological polar surface area (TPSA) is 52.6 Å². The number of benzene rings is 1. The quantitative estimate of drug-likeness (QED) is 0.0547. The van der Waals surface area contributed by atoms with Gasteiger partial charge in [-0.3, -0.25) is 9.59 Å².